The van der Waals surface area contributed by atoms with E-state index in [1.54, 1.807) is 10.7 Å². The molecule has 0 aliphatic carbocycles. The second-order valence-corrected chi connectivity index (χ2v) is 15.4. The number of aromatic amines is 1. The molecular formula is C40H44ClF2N9O3. The first-order valence-electron chi connectivity index (χ1n) is 18.8. The number of halogens is 3. The summed E-state index contributed by atoms with van der Waals surface area (Å²) in [6.45, 7) is 6.97. The monoisotopic (exact) mass is 771 g/mol. The predicted octanol–water partition coefficient (Wildman–Crippen LogP) is 6.14. The van der Waals surface area contributed by atoms with Crippen molar-refractivity contribution in [2.24, 2.45) is 13.0 Å². The summed E-state index contributed by atoms with van der Waals surface area (Å²) in [5, 5.41) is 7.08. The number of nitrogens with one attached hydrogen (secondary N) is 2. The second kappa shape index (κ2) is 15.7. The third kappa shape index (κ3) is 7.94. The zero-order valence-electron chi connectivity index (χ0n) is 30.9. The molecule has 0 bridgehead atoms. The van der Waals surface area contributed by atoms with Gasteiger partial charge in [-0.15, -0.1) is 0 Å². The van der Waals surface area contributed by atoms with Crippen LogP contribution in [0.3, 0.4) is 0 Å². The predicted molar refractivity (Wildman–Crippen MR) is 205 cm³/mol. The van der Waals surface area contributed by atoms with E-state index >= 15 is 4.39 Å². The van der Waals surface area contributed by atoms with Gasteiger partial charge in [-0.25, -0.2) is 18.7 Å². The Morgan fingerprint density at radius 2 is 1.84 bits per heavy atom. The molecule has 2 atom stereocenters. The number of fused-ring (bicyclic) bond motifs is 1. The van der Waals surface area contributed by atoms with Gasteiger partial charge in [0.15, 0.2) is 11.4 Å². The molecule has 2 N–H and O–H groups in total. The number of imide groups is 1. The number of hydrogen-bond acceptors (Lipinski definition) is 9. The van der Waals surface area contributed by atoms with Gasteiger partial charge >= 0.3 is 0 Å². The topological polar surface area (TPSA) is 125 Å². The third-order valence-corrected chi connectivity index (χ3v) is 11.5. The number of carbonyl (C=O) groups excluding carboxylic acids is 2. The number of hydrogen-bond donors (Lipinski definition) is 2. The van der Waals surface area contributed by atoms with E-state index in [2.05, 4.69) is 40.1 Å². The first-order valence-corrected chi connectivity index (χ1v) is 19.2. The lowest BCUT2D eigenvalue weighted by Crippen LogP contribution is -2.54. The Balaban J connectivity index is 0.830. The van der Waals surface area contributed by atoms with E-state index in [9.17, 15) is 14.0 Å². The summed E-state index contributed by atoms with van der Waals surface area (Å²) in [6, 6.07) is 12.7. The van der Waals surface area contributed by atoms with Gasteiger partial charge in [-0.1, -0.05) is 29.8 Å². The van der Waals surface area contributed by atoms with E-state index in [0.29, 0.717) is 64.5 Å². The number of amides is 2. The second-order valence-electron chi connectivity index (χ2n) is 14.9. The highest BCUT2D eigenvalue weighted by atomic mass is 35.5. The molecule has 5 aromatic rings. The number of piperidine rings is 2. The molecule has 2 unspecified atom stereocenters. The van der Waals surface area contributed by atoms with Crippen LogP contribution in [0.15, 0.2) is 54.9 Å². The van der Waals surface area contributed by atoms with Crippen molar-refractivity contribution in [1.82, 2.24) is 39.8 Å². The van der Waals surface area contributed by atoms with Crippen molar-refractivity contribution in [3.63, 3.8) is 0 Å². The van der Waals surface area contributed by atoms with Crippen LogP contribution in [0.2, 0.25) is 5.02 Å². The molecule has 15 heteroatoms. The van der Waals surface area contributed by atoms with Crippen LogP contribution >= 0.6 is 11.6 Å². The molecule has 8 rings (SSSR count). The molecule has 12 nitrogen and oxygen atoms in total. The maximum Gasteiger partial charge on any atom is 0.234 e. The van der Waals surface area contributed by atoms with Crippen molar-refractivity contribution >= 4 is 40.3 Å². The van der Waals surface area contributed by atoms with Crippen LogP contribution in [0, 0.1) is 18.7 Å². The Kier molecular flexibility index (Phi) is 10.6. The fourth-order valence-electron chi connectivity index (χ4n) is 8.19. The lowest BCUT2D eigenvalue weighted by molar-refractivity contribution is -0.134. The molecule has 288 valence electrons. The van der Waals surface area contributed by atoms with Crippen molar-refractivity contribution < 1.29 is 23.1 Å². The average molecular weight is 772 g/mol. The van der Waals surface area contributed by atoms with Crippen LogP contribution in [-0.2, 0) is 23.2 Å². The summed E-state index contributed by atoms with van der Waals surface area (Å²) in [5.41, 5.74) is 5.00. The summed E-state index contributed by atoms with van der Waals surface area (Å²) in [4.78, 5) is 42.9. The van der Waals surface area contributed by atoms with E-state index in [0.717, 1.165) is 68.1 Å². The highest BCUT2D eigenvalue weighted by Gasteiger charge is 2.32. The van der Waals surface area contributed by atoms with E-state index in [-0.39, 0.29) is 18.4 Å². The normalized spacial score (nSPS) is 20.3. The summed E-state index contributed by atoms with van der Waals surface area (Å²) >= 11 is 6.55. The van der Waals surface area contributed by atoms with E-state index < -0.39 is 24.3 Å². The number of anilines is 1. The van der Waals surface area contributed by atoms with Crippen LogP contribution in [0.25, 0.3) is 22.6 Å². The van der Waals surface area contributed by atoms with Gasteiger partial charge in [0.2, 0.25) is 11.8 Å². The highest BCUT2D eigenvalue weighted by molar-refractivity contribution is 6.32. The average Bonchev–Trinajstić information content (AvgIpc) is 3.76. The summed E-state index contributed by atoms with van der Waals surface area (Å²) in [7, 11) is 1.86. The minimum Gasteiger partial charge on any atom is -0.453 e. The standard InChI is InChI=1S/C40H44ClF2N9O3/c1-24-32(23-49(2)48-24)38-46-36-37(33(41)19-44-39(36)47-38)55-29-6-3-25(4-7-29)21-52-16-15-50(22-28(52)18-42)20-26-11-13-51(14-12-26)27-5-8-30(34(43)17-27)31-9-10-35(53)45-40(31)54/h3-8,17,19,23,26,28,31H,9-16,18,20-22H2,1-2H3,(H,44,46,47)(H,45,53,54). The number of H-pyrrole nitrogens is 1. The van der Waals surface area contributed by atoms with Crippen LogP contribution in [0.1, 0.15) is 48.4 Å². The van der Waals surface area contributed by atoms with E-state index in [1.165, 1.54) is 12.3 Å². The minimum atomic E-state index is -0.642. The number of aryl methyl sites for hydroxylation is 2. The smallest absolute Gasteiger partial charge is 0.234 e. The number of alkyl halides is 1. The number of imidazole rings is 1. The Labute approximate surface area is 322 Å². The lowest BCUT2D eigenvalue weighted by atomic mass is 9.89. The van der Waals surface area contributed by atoms with Crippen LogP contribution < -0.4 is 15.0 Å². The first kappa shape index (κ1) is 37.0. The van der Waals surface area contributed by atoms with Crippen molar-refractivity contribution in [2.75, 3.05) is 50.8 Å². The van der Waals surface area contributed by atoms with Crippen LogP contribution in [0.4, 0.5) is 14.5 Å². The fourth-order valence-corrected chi connectivity index (χ4v) is 8.37. The number of piperazine rings is 1. The number of benzene rings is 2. The molecule has 3 aliphatic rings. The molecule has 3 fully saturated rings. The van der Waals surface area contributed by atoms with Crippen molar-refractivity contribution in [2.45, 2.75) is 51.1 Å². The van der Waals surface area contributed by atoms with Gasteiger partial charge < -0.3 is 19.5 Å². The maximum atomic E-state index is 15.2. The molecule has 55 heavy (non-hydrogen) atoms. The minimum absolute atomic E-state index is 0.197. The van der Waals surface area contributed by atoms with Crippen molar-refractivity contribution in [3.8, 4) is 22.9 Å². The number of ether oxygens (including phenoxy) is 1. The molecule has 3 aromatic heterocycles. The number of nitrogens with zero attached hydrogens (tertiary/aromatic N) is 7. The molecule has 3 saturated heterocycles. The summed E-state index contributed by atoms with van der Waals surface area (Å²) in [5.74, 6) is 0.362. The summed E-state index contributed by atoms with van der Waals surface area (Å²) < 4.78 is 37.6. The fraction of sp³-hybridized carbons (Fsp3) is 0.425. The van der Waals surface area contributed by atoms with E-state index in [4.69, 9.17) is 16.3 Å². The molecule has 6 heterocycles. The number of aromatic nitrogens is 5. The number of pyridine rings is 1. The number of rotatable bonds is 10. The molecule has 3 aliphatic heterocycles. The quantitative estimate of drug-likeness (QED) is 0.161. The van der Waals surface area contributed by atoms with Gasteiger partial charge in [-0.3, -0.25) is 24.5 Å². The molecule has 2 amide bonds. The Bertz CT molecular complexity index is 2200. The zero-order chi connectivity index (χ0) is 38.2. The summed E-state index contributed by atoms with van der Waals surface area (Å²) in [6.07, 6.45) is 5.90. The highest BCUT2D eigenvalue weighted by Crippen LogP contribution is 2.37. The van der Waals surface area contributed by atoms with Crippen molar-refractivity contribution in [3.05, 3.63) is 82.5 Å². The Hall–Kier alpha value is -4.92. The number of carbonyl (C=O) groups is 2. The largest absolute Gasteiger partial charge is 0.453 e. The van der Waals surface area contributed by atoms with Gasteiger partial charge in [-0.05, 0) is 61.9 Å². The molecule has 0 saturated carbocycles. The zero-order valence-corrected chi connectivity index (χ0v) is 31.7. The molecule has 0 radical (unpaired) electrons. The van der Waals surface area contributed by atoms with Gasteiger partial charge in [-0.2, -0.15) is 5.10 Å². The third-order valence-electron chi connectivity index (χ3n) is 11.2. The van der Waals surface area contributed by atoms with Crippen LogP contribution in [-0.4, -0.2) is 98.3 Å². The van der Waals surface area contributed by atoms with Gasteiger partial charge in [0, 0.05) is 76.7 Å². The molecule has 2 aromatic carbocycles. The molecule has 0 spiro atoms. The Morgan fingerprint density at radius 1 is 1.04 bits per heavy atom. The van der Waals surface area contributed by atoms with Gasteiger partial charge in [0.1, 0.15) is 34.6 Å². The van der Waals surface area contributed by atoms with Gasteiger partial charge in [0.05, 0.1) is 29.4 Å². The van der Waals surface area contributed by atoms with E-state index in [1.807, 2.05) is 50.5 Å². The Morgan fingerprint density at radius 3 is 2.55 bits per heavy atom. The molecular weight excluding hydrogens is 728 g/mol. The first-order chi connectivity index (χ1) is 26.6. The van der Waals surface area contributed by atoms with Gasteiger partial charge in [0.25, 0.3) is 0 Å². The van der Waals surface area contributed by atoms with Crippen LogP contribution in [0.5, 0.6) is 11.5 Å². The lowest BCUT2D eigenvalue weighted by Gasteiger charge is -2.43. The van der Waals surface area contributed by atoms with Crippen molar-refractivity contribution in [1.29, 1.82) is 0 Å². The maximum absolute atomic E-state index is 15.2. The SMILES string of the molecule is Cc1nn(C)cc1-c1nc2ncc(Cl)c(Oc3ccc(CN4CCN(CC5CCN(c6ccc(C7CCC(=O)NC7=O)c(F)c6)CC5)CC4CF)cc3)c2[nH]1.